The molecule has 2 aliphatic carbocycles. The van der Waals surface area contributed by atoms with Gasteiger partial charge in [0.1, 0.15) is 11.6 Å². The number of pyridine rings is 1. The van der Waals surface area contributed by atoms with Crippen molar-refractivity contribution in [2.45, 2.75) is 51.0 Å². The number of fused-ring (bicyclic) bond motifs is 2. The van der Waals surface area contributed by atoms with Gasteiger partial charge in [-0.2, -0.15) is 5.10 Å². The highest BCUT2D eigenvalue weighted by Gasteiger charge is 2.52. The van der Waals surface area contributed by atoms with Gasteiger partial charge in [-0.15, -0.1) is 0 Å². The highest BCUT2D eigenvalue weighted by atomic mass is 16.1. The van der Waals surface area contributed by atoms with Crippen molar-refractivity contribution in [3.05, 3.63) is 42.0 Å². The number of aryl methyl sites for hydroxylation is 1. The zero-order valence-electron chi connectivity index (χ0n) is 17.1. The van der Waals surface area contributed by atoms with Crippen LogP contribution in [0.4, 0.5) is 17.3 Å². The first-order chi connectivity index (χ1) is 14.5. The Kier molecular flexibility index (Phi) is 3.57. The minimum absolute atomic E-state index is 0.124. The number of carbonyl (C=O) groups is 1. The summed E-state index contributed by atoms with van der Waals surface area (Å²) in [5.74, 6) is 2.02. The predicted octanol–water partition coefficient (Wildman–Crippen LogP) is 3.52. The van der Waals surface area contributed by atoms with E-state index in [-0.39, 0.29) is 11.3 Å². The van der Waals surface area contributed by atoms with Crippen LogP contribution in [0.25, 0.3) is 11.4 Å². The SMILES string of the molecule is CC(=O)Nc1cc2c(cn1)C1(CC1)CN2c1cc(C)nc(-c2cnn(C3CC3)c2)n1. The number of rotatable bonds is 4. The lowest BCUT2D eigenvalue weighted by Crippen LogP contribution is -2.20. The fourth-order valence-corrected chi connectivity index (χ4v) is 4.39. The van der Waals surface area contributed by atoms with E-state index in [1.807, 2.05) is 36.1 Å². The Bertz CT molecular complexity index is 1180. The molecule has 3 aliphatic rings. The molecular formula is C22H23N7O. The van der Waals surface area contributed by atoms with Gasteiger partial charge in [0.2, 0.25) is 5.91 Å². The molecule has 3 aromatic heterocycles. The molecule has 30 heavy (non-hydrogen) atoms. The number of hydrogen-bond acceptors (Lipinski definition) is 6. The Morgan fingerprint density at radius 2 is 2.03 bits per heavy atom. The van der Waals surface area contributed by atoms with Crippen LogP contribution in [-0.4, -0.2) is 37.2 Å². The zero-order chi connectivity index (χ0) is 20.5. The third-order valence-corrected chi connectivity index (χ3v) is 6.26. The van der Waals surface area contributed by atoms with Crippen molar-refractivity contribution in [3.63, 3.8) is 0 Å². The second kappa shape index (κ2) is 6.10. The average Bonchev–Trinajstić information content (AvgIpc) is 3.62. The first kappa shape index (κ1) is 17.6. The Hall–Kier alpha value is -3.29. The first-order valence-electron chi connectivity index (χ1n) is 10.5. The van der Waals surface area contributed by atoms with Crippen molar-refractivity contribution in [2.24, 2.45) is 0 Å². The first-order valence-corrected chi connectivity index (χ1v) is 10.5. The second-order valence-corrected chi connectivity index (χ2v) is 8.77. The van der Waals surface area contributed by atoms with Crippen LogP contribution in [-0.2, 0) is 10.2 Å². The van der Waals surface area contributed by atoms with Crippen molar-refractivity contribution in [1.82, 2.24) is 24.7 Å². The van der Waals surface area contributed by atoms with Gasteiger partial charge < -0.3 is 10.2 Å². The van der Waals surface area contributed by atoms with Gasteiger partial charge in [0, 0.05) is 54.7 Å². The highest BCUT2D eigenvalue weighted by Crippen LogP contribution is 2.58. The molecule has 0 unspecified atom stereocenters. The molecule has 8 nitrogen and oxygen atoms in total. The molecule has 152 valence electrons. The maximum absolute atomic E-state index is 11.5. The van der Waals surface area contributed by atoms with Crippen LogP contribution in [0.5, 0.6) is 0 Å². The van der Waals surface area contributed by atoms with Gasteiger partial charge in [-0.3, -0.25) is 9.48 Å². The molecule has 1 aliphatic heterocycles. The number of carbonyl (C=O) groups excluding carboxylic acids is 1. The summed E-state index contributed by atoms with van der Waals surface area (Å²) >= 11 is 0. The molecule has 4 heterocycles. The largest absolute Gasteiger partial charge is 0.325 e. The molecule has 2 saturated carbocycles. The van der Waals surface area contributed by atoms with Crippen LogP contribution in [0.15, 0.2) is 30.7 Å². The number of hydrogen-bond donors (Lipinski definition) is 1. The summed E-state index contributed by atoms with van der Waals surface area (Å²) in [6.45, 7) is 4.38. The van der Waals surface area contributed by atoms with E-state index in [1.54, 1.807) is 0 Å². The second-order valence-electron chi connectivity index (χ2n) is 8.77. The maximum Gasteiger partial charge on any atom is 0.222 e. The third-order valence-electron chi connectivity index (χ3n) is 6.26. The fourth-order valence-electron chi connectivity index (χ4n) is 4.39. The third kappa shape index (κ3) is 2.86. The van der Waals surface area contributed by atoms with Gasteiger partial charge in [-0.1, -0.05) is 0 Å². The number of anilines is 3. The minimum Gasteiger partial charge on any atom is -0.325 e. The van der Waals surface area contributed by atoms with Crippen molar-refractivity contribution in [1.29, 1.82) is 0 Å². The van der Waals surface area contributed by atoms with E-state index in [4.69, 9.17) is 4.98 Å². The lowest BCUT2D eigenvalue weighted by molar-refractivity contribution is -0.114. The molecule has 0 saturated heterocycles. The lowest BCUT2D eigenvalue weighted by atomic mass is 10.0. The van der Waals surface area contributed by atoms with Gasteiger partial charge in [0.15, 0.2) is 5.82 Å². The smallest absolute Gasteiger partial charge is 0.222 e. The molecule has 1 spiro atoms. The molecule has 0 atom stereocenters. The van der Waals surface area contributed by atoms with E-state index in [0.717, 1.165) is 42.1 Å². The maximum atomic E-state index is 11.5. The molecule has 3 aromatic rings. The highest BCUT2D eigenvalue weighted by molar-refractivity contribution is 5.89. The molecule has 6 rings (SSSR count). The van der Waals surface area contributed by atoms with Crippen LogP contribution in [0.2, 0.25) is 0 Å². The normalized spacial score (nSPS) is 18.5. The van der Waals surface area contributed by atoms with Gasteiger partial charge in [-0.05, 0) is 32.6 Å². The van der Waals surface area contributed by atoms with Crippen LogP contribution in [0.3, 0.4) is 0 Å². The standard InChI is InChI=1S/C22H23N7O/c1-13-7-20(27-21(25-13)15-9-24-29(11-15)16-3-4-16)28-12-22(5-6-22)17-10-23-19(8-18(17)28)26-14(2)30/h7-11,16H,3-6,12H2,1-2H3,(H,23,26,30). The van der Waals surface area contributed by atoms with Gasteiger partial charge in [-0.25, -0.2) is 15.0 Å². The van der Waals surface area contributed by atoms with E-state index in [9.17, 15) is 4.79 Å². The van der Waals surface area contributed by atoms with Crippen molar-refractivity contribution < 1.29 is 4.79 Å². The van der Waals surface area contributed by atoms with Crippen LogP contribution in [0, 0.1) is 6.92 Å². The van der Waals surface area contributed by atoms with Crippen LogP contribution < -0.4 is 10.2 Å². The fraction of sp³-hybridized carbons (Fsp3) is 0.409. The quantitative estimate of drug-likeness (QED) is 0.720. The summed E-state index contributed by atoms with van der Waals surface area (Å²) in [6.07, 6.45) is 10.5. The summed E-state index contributed by atoms with van der Waals surface area (Å²) < 4.78 is 2.02. The zero-order valence-corrected chi connectivity index (χ0v) is 17.1. The van der Waals surface area contributed by atoms with Crippen LogP contribution in [0.1, 0.15) is 49.9 Å². The van der Waals surface area contributed by atoms with E-state index in [1.165, 1.54) is 25.3 Å². The average molecular weight is 401 g/mol. The topological polar surface area (TPSA) is 88.8 Å². The molecule has 2 fully saturated rings. The predicted molar refractivity (Wildman–Crippen MR) is 113 cm³/mol. The van der Waals surface area contributed by atoms with E-state index in [2.05, 4.69) is 31.5 Å². The Morgan fingerprint density at radius 1 is 1.20 bits per heavy atom. The number of aromatic nitrogens is 5. The molecule has 8 heteroatoms. The molecule has 0 aromatic carbocycles. The van der Waals surface area contributed by atoms with E-state index >= 15 is 0 Å². The summed E-state index contributed by atoms with van der Waals surface area (Å²) in [7, 11) is 0. The molecular weight excluding hydrogens is 378 g/mol. The van der Waals surface area contributed by atoms with Crippen molar-refractivity contribution in [3.8, 4) is 11.4 Å². The van der Waals surface area contributed by atoms with Crippen LogP contribution >= 0.6 is 0 Å². The number of nitrogens with zero attached hydrogens (tertiary/aromatic N) is 6. The number of nitrogens with one attached hydrogen (secondary N) is 1. The van der Waals surface area contributed by atoms with E-state index < -0.39 is 0 Å². The molecule has 0 bridgehead atoms. The van der Waals surface area contributed by atoms with E-state index in [0.29, 0.717) is 17.7 Å². The monoisotopic (exact) mass is 401 g/mol. The Morgan fingerprint density at radius 3 is 2.77 bits per heavy atom. The van der Waals surface area contributed by atoms with Gasteiger partial charge in [0.05, 0.1) is 23.5 Å². The summed E-state index contributed by atoms with van der Waals surface area (Å²) in [5, 5.41) is 7.30. The Labute approximate surface area is 174 Å². The molecule has 1 amide bonds. The minimum atomic E-state index is -0.124. The summed E-state index contributed by atoms with van der Waals surface area (Å²) in [6, 6.07) is 4.52. The van der Waals surface area contributed by atoms with Crippen molar-refractivity contribution >= 4 is 23.2 Å². The lowest BCUT2D eigenvalue weighted by Gasteiger charge is -2.20. The van der Waals surface area contributed by atoms with Crippen molar-refractivity contribution in [2.75, 3.05) is 16.8 Å². The van der Waals surface area contributed by atoms with Gasteiger partial charge in [0.25, 0.3) is 0 Å². The molecule has 1 N–H and O–H groups in total. The summed E-state index contributed by atoms with van der Waals surface area (Å²) in [4.78, 5) is 27.8. The summed E-state index contributed by atoms with van der Waals surface area (Å²) in [5.41, 5.74) is 4.34. The van der Waals surface area contributed by atoms with Gasteiger partial charge >= 0.3 is 0 Å². The Balaban J connectivity index is 1.41. The number of amides is 1. The molecule has 0 radical (unpaired) electrons.